The summed E-state index contributed by atoms with van der Waals surface area (Å²) < 4.78 is 4.86. The molecular formula is C55H64Hf. The molecule has 0 unspecified atom stereocenters. The van der Waals surface area contributed by atoms with Gasteiger partial charge in [0.25, 0.3) is 0 Å². The van der Waals surface area contributed by atoms with Gasteiger partial charge in [0, 0.05) is 0 Å². The summed E-state index contributed by atoms with van der Waals surface area (Å²) in [7, 11) is 0. The van der Waals surface area contributed by atoms with Crippen LogP contribution in [-0.4, -0.2) is 3.26 Å². The monoisotopic (exact) mass is 904 g/mol. The molecule has 3 aliphatic rings. The minimum atomic E-state index is -5.16. The van der Waals surface area contributed by atoms with E-state index in [4.69, 9.17) is 0 Å². The Kier molecular flexibility index (Phi) is 10.4. The van der Waals surface area contributed by atoms with Gasteiger partial charge in [0.05, 0.1) is 0 Å². The normalized spacial score (nSPS) is 16.5. The summed E-state index contributed by atoms with van der Waals surface area (Å²) in [6.07, 6.45) is 15.4. The summed E-state index contributed by atoms with van der Waals surface area (Å²) in [6, 6.07) is 49.1. The topological polar surface area (TPSA) is 0 Å². The second-order valence-electron chi connectivity index (χ2n) is 20.2. The van der Waals surface area contributed by atoms with E-state index in [9.17, 15) is 0 Å². The molecule has 56 heavy (non-hydrogen) atoms. The van der Waals surface area contributed by atoms with Crippen LogP contribution < -0.4 is 0 Å². The second kappa shape index (κ2) is 14.9. The molecule has 5 aromatic carbocycles. The molecular weight excluding hydrogens is 839 g/mol. The van der Waals surface area contributed by atoms with Crippen LogP contribution in [-0.2, 0) is 37.2 Å². The summed E-state index contributed by atoms with van der Waals surface area (Å²) in [5.41, 5.74) is 15.1. The zero-order valence-corrected chi connectivity index (χ0v) is 39.0. The zero-order valence-electron chi connectivity index (χ0n) is 35.4. The van der Waals surface area contributed by atoms with Crippen LogP contribution in [0.2, 0.25) is 3.67 Å². The number of allylic oxidation sites excluding steroid dienone is 4. The molecule has 1 heteroatoms. The van der Waals surface area contributed by atoms with Crippen molar-refractivity contribution in [2.75, 3.05) is 0 Å². The molecule has 0 amide bonds. The van der Waals surface area contributed by atoms with Gasteiger partial charge in [-0.2, -0.15) is 0 Å². The van der Waals surface area contributed by atoms with Crippen molar-refractivity contribution in [3.05, 3.63) is 190 Å². The molecule has 0 bridgehead atoms. The first-order valence-electron chi connectivity index (χ1n) is 21.7. The first-order chi connectivity index (χ1) is 26.8. The molecule has 0 nitrogen and oxygen atoms in total. The fourth-order valence-corrected chi connectivity index (χ4v) is 48.6. The van der Waals surface area contributed by atoms with E-state index in [-0.39, 0.29) is 10.8 Å². The van der Waals surface area contributed by atoms with Gasteiger partial charge in [-0.05, 0) is 0 Å². The number of hydrogen-bond donors (Lipinski definition) is 0. The Labute approximate surface area is 339 Å². The Morgan fingerprint density at radius 2 is 1.05 bits per heavy atom. The van der Waals surface area contributed by atoms with E-state index in [1.807, 2.05) is 3.26 Å². The molecule has 0 atom stereocenters. The van der Waals surface area contributed by atoms with Crippen molar-refractivity contribution < 1.29 is 18.0 Å². The van der Waals surface area contributed by atoms with Gasteiger partial charge in [0.15, 0.2) is 0 Å². The third-order valence-corrected chi connectivity index (χ3v) is 45.5. The van der Waals surface area contributed by atoms with Gasteiger partial charge < -0.3 is 0 Å². The van der Waals surface area contributed by atoms with Crippen LogP contribution in [0, 0.1) is 5.92 Å². The van der Waals surface area contributed by atoms with Crippen LogP contribution in [0.1, 0.15) is 135 Å². The van der Waals surface area contributed by atoms with Gasteiger partial charge in [0.1, 0.15) is 0 Å². The van der Waals surface area contributed by atoms with Crippen LogP contribution in [0.4, 0.5) is 0 Å². The van der Waals surface area contributed by atoms with E-state index in [1.165, 1.54) is 70.2 Å². The maximum atomic E-state index is 2.71. The van der Waals surface area contributed by atoms with Crippen molar-refractivity contribution >= 4 is 3.26 Å². The van der Waals surface area contributed by atoms with Crippen molar-refractivity contribution in [3.63, 3.8) is 0 Å². The number of hydrogen-bond acceptors (Lipinski definition) is 0. The summed E-state index contributed by atoms with van der Waals surface area (Å²) in [4.78, 5) is 0. The molecule has 0 spiro atoms. The molecule has 0 aromatic heterocycles. The molecule has 0 heterocycles. The molecule has 8 rings (SSSR count). The van der Waals surface area contributed by atoms with Crippen LogP contribution in [0.3, 0.4) is 0 Å². The van der Waals surface area contributed by atoms with E-state index in [1.54, 1.807) is 11.1 Å². The Hall–Kier alpha value is -3.68. The molecule has 0 saturated heterocycles. The van der Waals surface area contributed by atoms with Gasteiger partial charge >= 0.3 is 342 Å². The van der Waals surface area contributed by atoms with Gasteiger partial charge in [0.2, 0.25) is 0 Å². The molecule has 5 aromatic rings. The average Bonchev–Trinajstić information content (AvgIpc) is 3.97. The van der Waals surface area contributed by atoms with Gasteiger partial charge in [-0.3, -0.25) is 0 Å². The number of rotatable bonds is 9. The fourth-order valence-electron chi connectivity index (χ4n) is 11.6. The van der Waals surface area contributed by atoms with E-state index in [0.29, 0.717) is 19.2 Å². The molecule has 1 saturated carbocycles. The van der Waals surface area contributed by atoms with E-state index < -0.39 is 18.0 Å². The molecule has 0 radical (unpaired) electrons. The first kappa shape index (κ1) is 39.2. The van der Waals surface area contributed by atoms with Gasteiger partial charge in [-0.1, -0.05) is 0 Å². The Bertz CT molecular complexity index is 2210. The summed E-state index contributed by atoms with van der Waals surface area (Å²) >= 11 is -5.16. The van der Waals surface area contributed by atoms with Crippen molar-refractivity contribution in [3.8, 4) is 11.1 Å². The Morgan fingerprint density at radius 1 is 0.589 bits per heavy atom. The SMILES string of the molecule is CC(C)c1ccc([C](C2CCCC2)=[Hf]([CH2]c2ccccc2)([CH2]c2ccccc2)([CH]2C=CC=C2)[CH]2c3cc(C(C)(C)C)ccc3-c3ccc(C(C)(C)C)cc32)cc1. The Balaban J connectivity index is 1.67. The van der Waals surface area contributed by atoms with E-state index in [2.05, 4.69) is 201 Å². The average molecular weight is 904 g/mol. The third kappa shape index (κ3) is 6.78. The second-order valence-corrected chi connectivity index (χ2v) is 42.6. The van der Waals surface area contributed by atoms with Crippen LogP contribution in [0.15, 0.2) is 146 Å². The standard InChI is InChI=1S/C21H25.C15H20.2C7H7.C5H5.Hf/c1-20(2,3)16-7-9-18-14(12-16)11-15-13-17(21(4,5)6)8-10-19(15)18;1-12(2)15-9-7-14(8-10-15)11-13-5-3-4-6-13;2*1-7-5-3-2-4-6-7;1-2-4-5-3-1;/h7-13H,1-6H3;7-10,12-13H,3-6H2,1-2H3;2*2-6H,1H2;1-5H;. The van der Waals surface area contributed by atoms with E-state index in [0.717, 1.165) is 8.35 Å². The summed E-state index contributed by atoms with van der Waals surface area (Å²) in [5, 5.41) is 0. The fraction of sp³-hybridized carbons (Fsp3) is 0.364. The van der Waals surface area contributed by atoms with Crippen molar-refractivity contribution in [2.45, 2.75) is 114 Å². The van der Waals surface area contributed by atoms with E-state index >= 15 is 0 Å². The number of fused-ring (bicyclic) bond motifs is 3. The van der Waals surface area contributed by atoms with Crippen LogP contribution in [0.25, 0.3) is 11.1 Å². The van der Waals surface area contributed by atoms with Crippen molar-refractivity contribution in [2.24, 2.45) is 5.92 Å². The molecule has 0 aliphatic heterocycles. The van der Waals surface area contributed by atoms with Crippen molar-refractivity contribution in [1.29, 1.82) is 0 Å². The molecule has 0 N–H and O–H groups in total. The molecule has 3 aliphatic carbocycles. The zero-order chi connectivity index (χ0) is 39.3. The predicted octanol–water partition coefficient (Wildman–Crippen LogP) is 14.9. The molecule has 288 valence electrons. The van der Waals surface area contributed by atoms with Gasteiger partial charge in [-0.25, -0.2) is 0 Å². The summed E-state index contributed by atoms with van der Waals surface area (Å²) in [6.45, 7) is 19.1. The van der Waals surface area contributed by atoms with Gasteiger partial charge in [-0.15, -0.1) is 0 Å². The van der Waals surface area contributed by atoms with Crippen molar-refractivity contribution in [1.82, 2.24) is 0 Å². The number of benzene rings is 5. The predicted molar refractivity (Wildman–Crippen MR) is 240 cm³/mol. The maximum absolute atomic E-state index is 5.16. The third-order valence-electron chi connectivity index (χ3n) is 14.3. The quantitative estimate of drug-likeness (QED) is 0.129. The minimum absolute atomic E-state index is 0.0357. The first-order valence-corrected chi connectivity index (χ1v) is 32.7. The Morgan fingerprint density at radius 3 is 1.48 bits per heavy atom. The van der Waals surface area contributed by atoms with Crippen LogP contribution in [0.5, 0.6) is 0 Å². The summed E-state index contributed by atoms with van der Waals surface area (Å²) in [5.74, 6) is 1.06. The molecule has 1 fully saturated rings. The van der Waals surface area contributed by atoms with Crippen LogP contribution >= 0.6 is 0 Å².